The molecule has 0 radical (unpaired) electrons. The van der Waals surface area contributed by atoms with Crippen molar-refractivity contribution >= 4 is 5.91 Å². The number of imidazole rings is 1. The zero-order valence-electron chi connectivity index (χ0n) is 15.9. The zero-order valence-corrected chi connectivity index (χ0v) is 15.9. The molecule has 6 nitrogen and oxygen atoms in total. The van der Waals surface area contributed by atoms with E-state index >= 15 is 0 Å². The molecule has 4 aromatic rings. The van der Waals surface area contributed by atoms with Gasteiger partial charge in [0, 0.05) is 25.5 Å². The maximum Gasteiger partial charge on any atom is 0.274 e. The van der Waals surface area contributed by atoms with Gasteiger partial charge in [-0.1, -0.05) is 60.7 Å². The van der Waals surface area contributed by atoms with E-state index in [1.54, 1.807) is 35.4 Å². The monoisotopic (exact) mass is 383 g/mol. The minimum Gasteiger partial charge on any atom is -0.333 e. The summed E-state index contributed by atoms with van der Waals surface area (Å²) in [6.07, 6.45) is 5.88. The average molecular weight is 383 g/mol. The molecule has 0 atom stereocenters. The second kappa shape index (κ2) is 8.93. The molecule has 2 heterocycles. The van der Waals surface area contributed by atoms with Crippen LogP contribution < -0.4 is 0 Å². The van der Waals surface area contributed by atoms with Gasteiger partial charge in [-0.05, 0) is 29.7 Å². The zero-order chi connectivity index (χ0) is 19.9. The quantitative estimate of drug-likeness (QED) is 0.490. The van der Waals surface area contributed by atoms with Gasteiger partial charge in [0.05, 0.1) is 0 Å². The van der Waals surface area contributed by atoms with E-state index in [1.807, 2.05) is 53.4 Å². The van der Waals surface area contributed by atoms with Crippen LogP contribution in [0.3, 0.4) is 0 Å². The summed E-state index contributed by atoms with van der Waals surface area (Å²) in [6.45, 7) is 1.13. The summed E-state index contributed by atoms with van der Waals surface area (Å²) in [5.74, 6) is 0.493. The van der Waals surface area contributed by atoms with Crippen molar-refractivity contribution in [2.45, 2.75) is 13.0 Å². The average Bonchev–Trinajstić information content (AvgIpc) is 3.33. The second-order valence-corrected chi connectivity index (χ2v) is 6.69. The standard InChI is InChI=1S/C23H21N5O/c29-23(21-11-12-22(26-25-21)28-16-14-24-18-28)27(17-20-9-5-2-6-10-20)15-13-19-7-3-1-4-8-19/h1-12,14,16,18H,13,15,17H2. The van der Waals surface area contributed by atoms with Gasteiger partial charge >= 0.3 is 0 Å². The molecule has 0 saturated carbocycles. The predicted octanol–water partition coefficient (Wildman–Crippen LogP) is 3.55. The van der Waals surface area contributed by atoms with Crippen LogP contribution in [-0.2, 0) is 13.0 Å². The third-order valence-electron chi connectivity index (χ3n) is 4.66. The third kappa shape index (κ3) is 4.73. The van der Waals surface area contributed by atoms with Crippen LogP contribution >= 0.6 is 0 Å². The molecule has 144 valence electrons. The highest BCUT2D eigenvalue weighted by molar-refractivity contribution is 5.92. The predicted molar refractivity (Wildman–Crippen MR) is 110 cm³/mol. The van der Waals surface area contributed by atoms with Crippen LogP contribution in [0.2, 0.25) is 0 Å². The van der Waals surface area contributed by atoms with Crippen molar-refractivity contribution < 1.29 is 4.79 Å². The van der Waals surface area contributed by atoms with Crippen LogP contribution in [0.15, 0.2) is 91.5 Å². The Kier molecular flexibility index (Phi) is 5.71. The molecule has 0 aliphatic carbocycles. The normalized spacial score (nSPS) is 10.6. The number of nitrogens with zero attached hydrogens (tertiary/aromatic N) is 5. The fourth-order valence-corrected chi connectivity index (χ4v) is 3.10. The maximum absolute atomic E-state index is 13.2. The highest BCUT2D eigenvalue weighted by Crippen LogP contribution is 2.12. The Bertz CT molecular complexity index is 1030. The fourth-order valence-electron chi connectivity index (χ4n) is 3.10. The Hall–Kier alpha value is -3.80. The molecule has 2 aromatic carbocycles. The van der Waals surface area contributed by atoms with Gasteiger partial charge in [0.1, 0.15) is 6.33 Å². The van der Waals surface area contributed by atoms with Crippen molar-refractivity contribution in [3.8, 4) is 5.82 Å². The summed E-state index contributed by atoms with van der Waals surface area (Å²) in [5.41, 5.74) is 2.61. The van der Waals surface area contributed by atoms with Gasteiger partial charge < -0.3 is 4.90 Å². The molecule has 0 N–H and O–H groups in total. The summed E-state index contributed by atoms with van der Waals surface area (Å²) in [5, 5.41) is 8.34. The van der Waals surface area contributed by atoms with Gasteiger partial charge in [-0.25, -0.2) is 4.98 Å². The van der Waals surface area contributed by atoms with E-state index in [0.717, 1.165) is 12.0 Å². The number of rotatable bonds is 7. The Balaban J connectivity index is 1.53. The number of amides is 1. The molecule has 1 amide bonds. The van der Waals surface area contributed by atoms with Gasteiger partial charge in [0.2, 0.25) is 0 Å². The lowest BCUT2D eigenvalue weighted by Gasteiger charge is -2.22. The van der Waals surface area contributed by atoms with Crippen LogP contribution in [0.25, 0.3) is 5.82 Å². The first-order valence-corrected chi connectivity index (χ1v) is 9.49. The molecule has 2 aromatic heterocycles. The minimum absolute atomic E-state index is 0.130. The number of carbonyl (C=O) groups excluding carboxylic acids is 1. The van der Waals surface area contributed by atoms with Crippen molar-refractivity contribution in [3.63, 3.8) is 0 Å². The van der Waals surface area contributed by atoms with Crippen molar-refractivity contribution in [2.75, 3.05) is 6.54 Å². The van der Waals surface area contributed by atoms with Crippen LogP contribution in [0.5, 0.6) is 0 Å². The number of hydrogen-bond acceptors (Lipinski definition) is 4. The SMILES string of the molecule is O=C(c1ccc(-n2ccnc2)nn1)N(CCc1ccccc1)Cc1ccccc1. The molecule has 0 fully saturated rings. The van der Waals surface area contributed by atoms with Crippen molar-refractivity contribution in [3.05, 3.63) is 108 Å². The molecule has 0 saturated heterocycles. The van der Waals surface area contributed by atoms with E-state index in [4.69, 9.17) is 0 Å². The van der Waals surface area contributed by atoms with Crippen LogP contribution in [0.4, 0.5) is 0 Å². The Morgan fingerprint density at radius 2 is 1.59 bits per heavy atom. The molecule has 0 aliphatic heterocycles. The first-order chi connectivity index (χ1) is 14.3. The summed E-state index contributed by atoms with van der Waals surface area (Å²) < 4.78 is 1.75. The largest absolute Gasteiger partial charge is 0.333 e. The lowest BCUT2D eigenvalue weighted by Crippen LogP contribution is -2.33. The number of benzene rings is 2. The van der Waals surface area contributed by atoms with Crippen molar-refractivity contribution in [2.24, 2.45) is 0 Å². The van der Waals surface area contributed by atoms with Crippen LogP contribution in [-0.4, -0.2) is 37.1 Å². The number of aromatic nitrogens is 4. The van der Waals surface area contributed by atoms with Crippen molar-refractivity contribution in [1.29, 1.82) is 0 Å². The molecule has 6 heteroatoms. The highest BCUT2D eigenvalue weighted by atomic mass is 16.2. The molecule has 0 unspecified atom stereocenters. The van der Waals surface area contributed by atoms with Gasteiger partial charge in [-0.2, -0.15) is 0 Å². The maximum atomic E-state index is 13.2. The van der Waals surface area contributed by atoms with Gasteiger partial charge in [-0.3, -0.25) is 9.36 Å². The van der Waals surface area contributed by atoms with Crippen LogP contribution in [0, 0.1) is 0 Å². The number of hydrogen-bond donors (Lipinski definition) is 0. The molecular formula is C23H21N5O. The smallest absolute Gasteiger partial charge is 0.274 e. The third-order valence-corrected chi connectivity index (χ3v) is 4.66. The Labute approximate surface area is 169 Å². The molecule has 0 bridgehead atoms. The topological polar surface area (TPSA) is 63.9 Å². The first kappa shape index (κ1) is 18.6. The highest BCUT2D eigenvalue weighted by Gasteiger charge is 2.18. The van der Waals surface area contributed by atoms with E-state index in [9.17, 15) is 4.79 Å². The van der Waals surface area contributed by atoms with E-state index < -0.39 is 0 Å². The fraction of sp³-hybridized carbons (Fsp3) is 0.130. The second-order valence-electron chi connectivity index (χ2n) is 6.69. The van der Waals surface area contributed by atoms with E-state index in [-0.39, 0.29) is 5.91 Å². The van der Waals surface area contributed by atoms with E-state index in [0.29, 0.717) is 24.6 Å². The molecule has 29 heavy (non-hydrogen) atoms. The summed E-state index contributed by atoms with van der Waals surface area (Å²) in [6, 6.07) is 23.6. The molecular weight excluding hydrogens is 362 g/mol. The lowest BCUT2D eigenvalue weighted by atomic mass is 10.1. The lowest BCUT2D eigenvalue weighted by molar-refractivity contribution is 0.0738. The van der Waals surface area contributed by atoms with Gasteiger partial charge in [0.25, 0.3) is 5.91 Å². The summed E-state index contributed by atoms with van der Waals surface area (Å²) >= 11 is 0. The summed E-state index contributed by atoms with van der Waals surface area (Å²) in [4.78, 5) is 19.0. The van der Waals surface area contributed by atoms with E-state index in [2.05, 4.69) is 27.3 Å². The molecule has 0 spiro atoms. The van der Waals surface area contributed by atoms with E-state index in [1.165, 1.54) is 5.56 Å². The van der Waals surface area contributed by atoms with Gasteiger partial charge in [-0.15, -0.1) is 10.2 Å². The van der Waals surface area contributed by atoms with Gasteiger partial charge in [0.15, 0.2) is 11.5 Å². The number of carbonyl (C=O) groups is 1. The first-order valence-electron chi connectivity index (χ1n) is 9.49. The molecule has 4 rings (SSSR count). The molecule has 0 aliphatic rings. The van der Waals surface area contributed by atoms with Crippen molar-refractivity contribution in [1.82, 2.24) is 24.6 Å². The minimum atomic E-state index is -0.130. The van der Waals surface area contributed by atoms with Crippen LogP contribution in [0.1, 0.15) is 21.6 Å². The Morgan fingerprint density at radius 3 is 2.21 bits per heavy atom. The summed E-state index contributed by atoms with van der Waals surface area (Å²) in [7, 11) is 0. The Morgan fingerprint density at radius 1 is 0.862 bits per heavy atom.